The van der Waals surface area contributed by atoms with Gasteiger partial charge in [0.05, 0.1) is 36.1 Å². The standard InChI is InChI=1S/C24H28ClFN6O3S.C5H6N2O/c1-14(2)30-24(33)17-13-32(36-26)23-22(17)31-19(12-29-23)21(27)16-7-6-15(25)11-18(16)28-8-10-35-20-5-3-4-9-34-20;6-1-5-2-7(3-5)4-8/h6-7,11-14,20,27-28H,3-5,8-10H2,1-2H3,(H,30,33);4-5H,2-3H2. The van der Waals surface area contributed by atoms with E-state index in [2.05, 4.69) is 26.7 Å². The summed E-state index contributed by atoms with van der Waals surface area (Å²) in [5.74, 6) is -0.295. The van der Waals surface area contributed by atoms with E-state index in [0.717, 1.165) is 29.6 Å². The lowest BCUT2D eigenvalue weighted by atomic mass is 10.0. The zero-order chi connectivity index (χ0) is 31.6. The Bertz CT molecular complexity index is 1520. The molecular formula is C29H34ClFN8O4S. The molecule has 2 aromatic heterocycles. The molecule has 2 fully saturated rings. The van der Waals surface area contributed by atoms with Gasteiger partial charge < -0.3 is 25.0 Å². The van der Waals surface area contributed by atoms with Gasteiger partial charge in [-0.05, 0) is 51.3 Å². The minimum atomic E-state index is -0.392. The van der Waals surface area contributed by atoms with Gasteiger partial charge in [-0.1, -0.05) is 11.6 Å². The number of ether oxygens (including phenoxy) is 2. The van der Waals surface area contributed by atoms with E-state index in [0.29, 0.717) is 49.1 Å². The molecule has 12 nitrogen and oxygen atoms in total. The van der Waals surface area contributed by atoms with Crippen molar-refractivity contribution in [2.24, 2.45) is 5.92 Å². The Labute approximate surface area is 264 Å². The molecule has 0 radical (unpaired) electrons. The van der Waals surface area contributed by atoms with Gasteiger partial charge in [0.1, 0.15) is 11.2 Å². The summed E-state index contributed by atoms with van der Waals surface area (Å²) in [5.41, 5.74) is 2.10. The van der Waals surface area contributed by atoms with E-state index >= 15 is 0 Å². The molecule has 0 saturated carbocycles. The molecule has 15 heteroatoms. The third kappa shape index (κ3) is 8.44. The van der Waals surface area contributed by atoms with Crippen LogP contribution in [-0.2, 0) is 14.3 Å². The van der Waals surface area contributed by atoms with Crippen molar-refractivity contribution in [3.8, 4) is 6.07 Å². The number of carbonyl (C=O) groups is 2. The molecule has 1 unspecified atom stereocenters. The molecule has 0 bridgehead atoms. The number of hydrogen-bond acceptors (Lipinski definition) is 10. The van der Waals surface area contributed by atoms with Crippen LogP contribution in [0.3, 0.4) is 0 Å². The number of anilines is 1. The number of halogens is 2. The van der Waals surface area contributed by atoms with E-state index in [-0.39, 0.29) is 58.7 Å². The maximum absolute atomic E-state index is 13.5. The van der Waals surface area contributed by atoms with Crippen LogP contribution in [0, 0.1) is 22.7 Å². The summed E-state index contributed by atoms with van der Waals surface area (Å²) in [6, 6.07) is 7.09. The zero-order valence-corrected chi connectivity index (χ0v) is 26.0. The van der Waals surface area contributed by atoms with Crippen molar-refractivity contribution in [2.45, 2.75) is 45.4 Å². The normalized spacial score (nSPS) is 16.5. The molecule has 2 amide bonds. The van der Waals surface area contributed by atoms with E-state index in [1.165, 1.54) is 12.4 Å². The monoisotopic (exact) mass is 644 g/mol. The predicted molar refractivity (Wildman–Crippen MR) is 166 cm³/mol. The van der Waals surface area contributed by atoms with Crippen LogP contribution in [0.4, 0.5) is 9.57 Å². The molecule has 2 saturated heterocycles. The van der Waals surface area contributed by atoms with Crippen LogP contribution >= 0.6 is 23.9 Å². The molecular weight excluding hydrogens is 611 g/mol. The first-order valence-electron chi connectivity index (χ1n) is 14.2. The number of nitrogens with one attached hydrogen (secondary N) is 3. The van der Waals surface area contributed by atoms with Crippen molar-refractivity contribution < 1.29 is 22.9 Å². The van der Waals surface area contributed by atoms with Gasteiger partial charge in [0, 0.05) is 54.8 Å². The van der Waals surface area contributed by atoms with Crippen molar-refractivity contribution >= 4 is 58.8 Å². The van der Waals surface area contributed by atoms with Crippen molar-refractivity contribution in [1.82, 2.24) is 24.2 Å². The molecule has 3 aromatic rings. The van der Waals surface area contributed by atoms with Crippen molar-refractivity contribution in [1.29, 1.82) is 10.7 Å². The van der Waals surface area contributed by atoms with Gasteiger partial charge in [-0.25, -0.2) is 13.9 Å². The second-order valence-corrected chi connectivity index (χ2v) is 11.5. The number of nitrogens with zero attached hydrogens (tertiary/aromatic N) is 5. The third-order valence-electron chi connectivity index (χ3n) is 6.81. The van der Waals surface area contributed by atoms with Gasteiger partial charge >= 0.3 is 0 Å². The lowest BCUT2D eigenvalue weighted by molar-refractivity contribution is -0.159. The molecule has 0 spiro atoms. The van der Waals surface area contributed by atoms with Crippen LogP contribution in [0.2, 0.25) is 5.02 Å². The minimum Gasteiger partial charge on any atom is -0.382 e. The van der Waals surface area contributed by atoms with E-state index in [1.807, 2.05) is 13.8 Å². The Morgan fingerprint density at radius 3 is 2.82 bits per heavy atom. The molecule has 2 aliphatic heterocycles. The number of nitriles is 1. The number of benzene rings is 1. The number of likely N-dealkylation sites (tertiary alicyclic amines) is 1. The maximum Gasteiger partial charge on any atom is 0.255 e. The molecule has 234 valence electrons. The average molecular weight is 645 g/mol. The van der Waals surface area contributed by atoms with Gasteiger partial charge in [0.15, 0.2) is 24.3 Å². The topological polar surface area (TPSA) is 158 Å². The van der Waals surface area contributed by atoms with Gasteiger partial charge in [0.25, 0.3) is 5.91 Å². The number of rotatable bonds is 11. The van der Waals surface area contributed by atoms with E-state index in [1.54, 1.807) is 23.1 Å². The summed E-state index contributed by atoms with van der Waals surface area (Å²) in [6.45, 7) is 6.54. The van der Waals surface area contributed by atoms with Crippen LogP contribution in [-0.4, -0.2) is 82.0 Å². The number of fused-ring (bicyclic) bond motifs is 1. The van der Waals surface area contributed by atoms with Gasteiger partial charge in [0.2, 0.25) is 6.41 Å². The molecule has 1 atom stereocenters. The van der Waals surface area contributed by atoms with E-state index < -0.39 is 5.91 Å². The van der Waals surface area contributed by atoms with Gasteiger partial charge in [-0.3, -0.25) is 15.0 Å². The zero-order valence-electron chi connectivity index (χ0n) is 24.4. The summed E-state index contributed by atoms with van der Waals surface area (Å²) in [5, 5.41) is 23.6. The van der Waals surface area contributed by atoms with Crippen LogP contribution in [0.15, 0.2) is 30.6 Å². The van der Waals surface area contributed by atoms with Gasteiger partial charge in [-0.2, -0.15) is 5.26 Å². The maximum atomic E-state index is 13.5. The highest BCUT2D eigenvalue weighted by atomic mass is 35.5. The molecule has 2 aliphatic rings. The number of aromatic nitrogens is 3. The quantitative estimate of drug-likeness (QED) is 0.154. The molecule has 0 aliphatic carbocycles. The SMILES string of the molecule is CC(C)NC(=O)c1cn(SF)c2ncc(C(=N)c3ccc(Cl)cc3NCCOC3CCCCO3)nc12.N#CC1CN(C=O)C1. The molecule has 3 N–H and O–H groups in total. The number of amides is 2. The summed E-state index contributed by atoms with van der Waals surface area (Å²) in [4.78, 5) is 32.9. The van der Waals surface area contributed by atoms with Crippen molar-refractivity contribution in [3.63, 3.8) is 0 Å². The third-order valence-corrected chi connectivity index (χ3v) is 7.47. The second-order valence-electron chi connectivity index (χ2n) is 10.5. The fourth-order valence-corrected chi connectivity index (χ4v) is 5.08. The number of hydrogen-bond donors (Lipinski definition) is 3. The van der Waals surface area contributed by atoms with Gasteiger partial charge in [-0.15, -0.1) is 3.89 Å². The lowest BCUT2D eigenvalue weighted by Crippen LogP contribution is -2.44. The Morgan fingerprint density at radius 1 is 1.36 bits per heavy atom. The van der Waals surface area contributed by atoms with E-state index in [4.69, 9.17) is 31.7 Å². The summed E-state index contributed by atoms with van der Waals surface area (Å²) < 4.78 is 26.0. The Hall–Kier alpha value is -3.77. The predicted octanol–water partition coefficient (Wildman–Crippen LogP) is 4.57. The van der Waals surface area contributed by atoms with Crippen LogP contribution < -0.4 is 10.6 Å². The van der Waals surface area contributed by atoms with E-state index in [9.17, 15) is 13.5 Å². The summed E-state index contributed by atoms with van der Waals surface area (Å²) >= 11 is 6.15. The average Bonchev–Trinajstić information content (AvgIpc) is 3.38. The van der Waals surface area contributed by atoms with Crippen LogP contribution in [0.5, 0.6) is 0 Å². The molecule has 4 heterocycles. The first kappa shape index (κ1) is 33.1. The highest BCUT2D eigenvalue weighted by Crippen LogP contribution is 2.27. The Kier molecular flexibility index (Phi) is 11.9. The van der Waals surface area contributed by atoms with Crippen molar-refractivity contribution in [3.05, 3.63) is 52.4 Å². The largest absolute Gasteiger partial charge is 0.382 e. The highest BCUT2D eigenvalue weighted by Gasteiger charge is 2.24. The lowest BCUT2D eigenvalue weighted by Gasteiger charge is -2.31. The summed E-state index contributed by atoms with van der Waals surface area (Å²) in [6.07, 6.45) is 6.36. The van der Waals surface area contributed by atoms with Crippen molar-refractivity contribution in [2.75, 3.05) is 38.2 Å². The smallest absolute Gasteiger partial charge is 0.255 e. The highest BCUT2D eigenvalue weighted by molar-refractivity contribution is 7.92. The van der Waals surface area contributed by atoms with Crippen LogP contribution in [0.25, 0.3) is 11.2 Å². The first-order valence-corrected chi connectivity index (χ1v) is 15.2. The molecule has 1 aromatic carbocycles. The number of carbonyl (C=O) groups excluding carboxylic acids is 2. The van der Waals surface area contributed by atoms with Crippen LogP contribution in [0.1, 0.15) is 54.7 Å². The summed E-state index contributed by atoms with van der Waals surface area (Å²) in [7, 11) is 0. The Morgan fingerprint density at radius 2 is 2.16 bits per heavy atom. The molecule has 5 rings (SSSR count). The minimum absolute atomic E-state index is 0.0735. The fourth-order valence-electron chi connectivity index (χ4n) is 4.56. The molecule has 44 heavy (non-hydrogen) atoms. The first-order chi connectivity index (χ1) is 21.2. The Balaban J connectivity index is 0.000000479. The fraction of sp³-hybridized carbons (Fsp3) is 0.448. The second kappa shape index (κ2) is 15.8.